The molecular formula is C27H30BrN3O6. The SMILES string of the molecule is COc1ccc(NC(=O)C2N(CCCO)C(=O)[C@@H]3[C@@H](C(=O)NCc4ccccc4)[C@@H]4OC23CC4Br)cc1. The fourth-order valence-electron chi connectivity index (χ4n) is 6.00. The largest absolute Gasteiger partial charge is 0.497 e. The summed E-state index contributed by atoms with van der Waals surface area (Å²) < 4.78 is 11.6. The number of nitrogens with zero attached hydrogens (tertiary/aromatic N) is 1. The second kappa shape index (κ2) is 10.4. The summed E-state index contributed by atoms with van der Waals surface area (Å²) in [7, 11) is 1.56. The van der Waals surface area contributed by atoms with E-state index in [9.17, 15) is 19.5 Å². The van der Waals surface area contributed by atoms with Gasteiger partial charge in [0.25, 0.3) is 0 Å². The van der Waals surface area contributed by atoms with Crippen molar-refractivity contribution < 1.29 is 29.0 Å². The van der Waals surface area contributed by atoms with E-state index in [4.69, 9.17) is 9.47 Å². The fourth-order valence-corrected chi connectivity index (χ4v) is 6.94. The van der Waals surface area contributed by atoms with Crippen molar-refractivity contribution >= 4 is 39.3 Å². The molecule has 1 spiro atoms. The van der Waals surface area contributed by atoms with Gasteiger partial charge in [-0.3, -0.25) is 14.4 Å². The smallest absolute Gasteiger partial charge is 0.250 e. The predicted molar refractivity (Wildman–Crippen MR) is 139 cm³/mol. The van der Waals surface area contributed by atoms with Gasteiger partial charge in [0.1, 0.15) is 17.4 Å². The minimum absolute atomic E-state index is 0.125. The van der Waals surface area contributed by atoms with E-state index in [2.05, 4.69) is 26.6 Å². The standard InChI is InChI=1S/C27H30BrN3O6/c1-36-18-10-8-17(9-11-18)30-25(34)23-27-14-19(28)22(37-27)20(21(27)26(35)31(23)12-5-13-32)24(33)29-15-16-6-3-2-4-7-16/h2-4,6-11,19-23,32H,5,12-15H2,1H3,(H,29,33)(H,30,34)/t19?,20-,21+,22-,23?,27?/m1/s1. The maximum Gasteiger partial charge on any atom is 0.250 e. The number of ether oxygens (including phenoxy) is 2. The zero-order valence-electron chi connectivity index (χ0n) is 20.4. The van der Waals surface area contributed by atoms with Crippen LogP contribution in [0, 0.1) is 11.8 Å². The van der Waals surface area contributed by atoms with Gasteiger partial charge in [0, 0.05) is 30.2 Å². The number of fused-ring (bicyclic) bond motifs is 1. The van der Waals surface area contributed by atoms with Crippen molar-refractivity contribution in [1.82, 2.24) is 10.2 Å². The summed E-state index contributed by atoms with van der Waals surface area (Å²) >= 11 is 3.66. The molecule has 5 rings (SSSR count). The lowest BCUT2D eigenvalue weighted by atomic mass is 9.70. The zero-order valence-corrected chi connectivity index (χ0v) is 22.0. The van der Waals surface area contributed by atoms with Gasteiger partial charge in [0.15, 0.2) is 0 Å². The van der Waals surface area contributed by atoms with Gasteiger partial charge in [-0.05, 0) is 42.7 Å². The van der Waals surface area contributed by atoms with Crippen molar-refractivity contribution in [2.45, 2.75) is 42.0 Å². The van der Waals surface area contributed by atoms with Crippen molar-refractivity contribution in [2.75, 3.05) is 25.6 Å². The number of carbonyl (C=O) groups is 3. The summed E-state index contributed by atoms with van der Waals surface area (Å²) in [6.45, 7) is 0.396. The van der Waals surface area contributed by atoms with Crippen LogP contribution < -0.4 is 15.4 Å². The van der Waals surface area contributed by atoms with E-state index in [-0.39, 0.29) is 35.7 Å². The number of aliphatic hydroxyl groups excluding tert-OH is 1. The summed E-state index contributed by atoms with van der Waals surface area (Å²) in [6, 6.07) is 15.5. The topological polar surface area (TPSA) is 117 Å². The predicted octanol–water partition coefficient (Wildman–Crippen LogP) is 2.08. The number of rotatable bonds is 9. The Morgan fingerprint density at radius 3 is 2.57 bits per heavy atom. The molecule has 3 unspecified atom stereocenters. The van der Waals surface area contributed by atoms with Crippen LogP contribution in [-0.2, 0) is 25.7 Å². The van der Waals surface area contributed by atoms with E-state index >= 15 is 0 Å². The average Bonchev–Trinajstić information content (AvgIpc) is 3.50. The van der Waals surface area contributed by atoms with Crippen LogP contribution in [0.25, 0.3) is 0 Å². The van der Waals surface area contributed by atoms with Gasteiger partial charge in [0.2, 0.25) is 17.7 Å². The molecule has 0 aromatic heterocycles. The second-order valence-electron chi connectivity index (χ2n) is 9.69. The first-order valence-electron chi connectivity index (χ1n) is 12.4. The summed E-state index contributed by atoms with van der Waals surface area (Å²) in [4.78, 5) is 42.3. The van der Waals surface area contributed by atoms with Gasteiger partial charge in [-0.2, -0.15) is 0 Å². The average molecular weight is 572 g/mol. The summed E-state index contributed by atoms with van der Waals surface area (Å²) in [5, 5.41) is 15.3. The highest BCUT2D eigenvalue weighted by atomic mass is 79.9. The highest BCUT2D eigenvalue weighted by Crippen LogP contribution is 2.60. The molecular weight excluding hydrogens is 542 g/mol. The summed E-state index contributed by atoms with van der Waals surface area (Å²) in [5.74, 6) is -1.80. The van der Waals surface area contributed by atoms with Gasteiger partial charge >= 0.3 is 0 Å². The number of aliphatic hydroxyl groups is 1. The number of benzene rings is 2. The highest BCUT2D eigenvalue weighted by Gasteiger charge is 2.76. The Labute approximate surface area is 223 Å². The molecule has 6 atom stereocenters. The van der Waals surface area contributed by atoms with Crippen LogP contribution in [0.1, 0.15) is 18.4 Å². The Balaban J connectivity index is 1.42. The normalized spacial score (nSPS) is 29.8. The number of methoxy groups -OCH3 is 1. The number of nitrogens with one attached hydrogen (secondary N) is 2. The van der Waals surface area contributed by atoms with Crippen LogP contribution in [0.15, 0.2) is 54.6 Å². The second-order valence-corrected chi connectivity index (χ2v) is 10.9. The van der Waals surface area contributed by atoms with Gasteiger partial charge in [-0.15, -0.1) is 0 Å². The molecule has 3 aliphatic rings. The highest BCUT2D eigenvalue weighted by molar-refractivity contribution is 9.09. The Hall–Kier alpha value is -2.95. The number of hydrogen-bond acceptors (Lipinski definition) is 6. The minimum Gasteiger partial charge on any atom is -0.497 e. The molecule has 9 nitrogen and oxygen atoms in total. The summed E-state index contributed by atoms with van der Waals surface area (Å²) in [5.41, 5.74) is 0.362. The van der Waals surface area contributed by atoms with Crippen LogP contribution >= 0.6 is 15.9 Å². The molecule has 0 radical (unpaired) electrons. The first-order valence-corrected chi connectivity index (χ1v) is 13.3. The van der Waals surface area contributed by atoms with E-state index in [1.165, 1.54) is 4.90 Å². The summed E-state index contributed by atoms with van der Waals surface area (Å²) in [6.07, 6.45) is 0.209. The van der Waals surface area contributed by atoms with E-state index in [1.807, 2.05) is 30.3 Å². The molecule has 3 amide bonds. The first-order chi connectivity index (χ1) is 17.9. The molecule has 0 aliphatic carbocycles. The number of halogens is 1. The molecule has 2 aromatic carbocycles. The van der Waals surface area contributed by atoms with E-state index in [0.717, 1.165) is 5.56 Å². The van der Waals surface area contributed by atoms with Gasteiger partial charge in [0.05, 0.1) is 25.0 Å². The number of amides is 3. The molecule has 37 heavy (non-hydrogen) atoms. The molecule has 3 heterocycles. The fraction of sp³-hybridized carbons (Fsp3) is 0.444. The van der Waals surface area contributed by atoms with Crippen LogP contribution in [0.3, 0.4) is 0 Å². The maximum absolute atomic E-state index is 13.8. The molecule has 3 N–H and O–H groups in total. The third kappa shape index (κ3) is 4.51. The molecule has 3 fully saturated rings. The van der Waals surface area contributed by atoms with Crippen molar-refractivity contribution in [3.05, 3.63) is 60.2 Å². The van der Waals surface area contributed by atoms with Crippen molar-refractivity contribution in [3.8, 4) is 5.75 Å². The quantitative estimate of drug-likeness (QED) is 0.397. The van der Waals surface area contributed by atoms with Gasteiger partial charge in [-0.25, -0.2) is 0 Å². The maximum atomic E-state index is 13.8. The van der Waals surface area contributed by atoms with Gasteiger partial charge in [-0.1, -0.05) is 46.3 Å². The Morgan fingerprint density at radius 2 is 1.89 bits per heavy atom. The Kier molecular flexibility index (Phi) is 7.24. The first kappa shape index (κ1) is 25.7. The Morgan fingerprint density at radius 1 is 1.16 bits per heavy atom. The van der Waals surface area contributed by atoms with Crippen LogP contribution in [-0.4, -0.2) is 70.6 Å². The number of alkyl halides is 1. The Bertz CT molecular complexity index is 1160. The van der Waals surface area contributed by atoms with Crippen LogP contribution in [0.4, 0.5) is 5.69 Å². The lowest BCUT2D eigenvalue weighted by Crippen LogP contribution is -2.54. The number of anilines is 1. The van der Waals surface area contributed by atoms with Crippen LogP contribution in [0.2, 0.25) is 0 Å². The molecule has 3 aliphatic heterocycles. The molecule has 0 saturated carbocycles. The van der Waals surface area contributed by atoms with Crippen molar-refractivity contribution in [1.29, 1.82) is 0 Å². The zero-order chi connectivity index (χ0) is 26.2. The molecule has 2 bridgehead atoms. The third-order valence-electron chi connectivity index (χ3n) is 7.56. The minimum atomic E-state index is -1.14. The van der Waals surface area contributed by atoms with Crippen molar-refractivity contribution in [3.63, 3.8) is 0 Å². The number of carbonyl (C=O) groups excluding carboxylic acids is 3. The molecule has 2 aromatic rings. The molecule has 10 heteroatoms. The van der Waals surface area contributed by atoms with Crippen molar-refractivity contribution in [2.24, 2.45) is 11.8 Å². The monoisotopic (exact) mass is 571 g/mol. The van der Waals surface area contributed by atoms with E-state index in [1.54, 1.807) is 31.4 Å². The molecule has 196 valence electrons. The number of hydrogen-bond donors (Lipinski definition) is 3. The lowest BCUT2D eigenvalue weighted by molar-refractivity contribution is -0.141. The third-order valence-corrected chi connectivity index (χ3v) is 8.41. The van der Waals surface area contributed by atoms with Crippen LogP contribution in [0.5, 0.6) is 5.75 Å². The van der Waals surface area contributed by atoms with E-state index in [0.29, 0.717) is 30.8 Å². The molecule has 3 saturated heterocycles. The van der Waals surface area contributed by atoms with E-state index < -0.39 is 29.6 Å². The lowest BCUT2D eigenvalue weighted by Gasteiger charge is -2.34. The van der Waals surface area contributed by atoms with Gasteiger partial charge < -0.3 is 30.1 Å². The number of likely N-dealkylation sites (tertiary alicyclic amines) is 1.